The van der Waals surface area contributed by atoms with Crippen LogP contribution >= 0.6 is 0 Å². The molecule has 0 aromatic heterocycles. The van der Waals surface area contributed by atoms with Crippen LogP contribution in [0.4, 0.5) is 4.79 Å². The van der Waals surface area contributed by atoms with Gasteiger partial charge in [0.05, 0.1) is 0 Å². The summed E-state index contributed by atoms with van der Waals surface area (Å²) in [5.74, 6) is -0.194. The van der Waals surface area contributed by atoms with Crippen LogP contribution in [-0.2, 0) is 16.0 Å². The maximum Gasteiger partial charge on any atom is 0.411 e. The Morgan fingerprint density at radius 3 is 2.48 bits per heavy atom. The third-order valence-corrected chi connectivity index (χ3v) is 3.59. The van der Waals surface area contributed by atoms with Crippen molar-refractivity contribution in [2.75, 3.05) is 13.1 Å². The molecule has 0 unspecified atom stereocenters. The van der Waals surface area contributed by atoms with E-state index in [2.05, 4.69) is 24.0 Å². The zero-order valence-electron chi connectivity index (χ0n) is 15.7. The summed E-state index contributed by atoms with van der Waals surface area (Å²) in [7, 11) is 0. The van der Waals surface area contributed by atoms with Crippen molar-refractivity contribution in [2.45, 2.75) is 52.2 Å². The molecule has 0 saturated carbocycles. The number of hydrogen-bond donors (Lipinski definition) is 1. The monoisotopic (exact) mass is 346 g/mol. The van der Waals surface area contributed by atoms with E-state index in [9.17, 15) is 9.59 Å². The quantitative estimate of drug-likeness (QED) is 0.578. The second-order valence-electron chi connectivity index (χ2n) is 6.98. The van der Waals surface area contributed by atoms with Gasteiger partial charge in [0.2, 0.25) is 5.91 Å². The molecular weight excluding hydrogens is 316 g/mol. The second-order valence-corrected chi connectivity index (χ2v) is 6.98. The van der Waals surface area contributed by atoms with Gasteiger partial charge in [-0.15, -0.1) is 6.58 Å². The lowest BCUT2D eigenvalue weighted by atomic mass is 10.1. The number of aryl methyl sites for hydroxylation is 1. The van der Waals surface area contributed by atoms with Crippen LogP contribution in [0.25, 0.3) is 0 Å². The van der Waals surface area contributed by atoms with E-state index < -0.39 is 17.7 Å². The SMILES string of the molecule is C=CCN(C(=O)OC(C)(C)C)[C@H](C)C(=O)NCCCc1ccccc1. The molecule has 0 fully saturated rings. The Balaban J connectivity index is 2.50. The van der Waals surface area contributed by atoms with Gasteiger partial charge in [-0.1, -0.05) is 36.4 Å². The number of carbonyl (C=O) groups excluding carboxylic acids is 2. The molecule has 0 aliphatic heterocycles. The standard InChI is InChI=1S/C20H30N2O3/c1-6-15-22(19(24)25-20(3,4)5)16(2)18(23)21-14-10-13-17-11-8-7-9-12-17/h6-9,11-12,16H,1,10,13-15H2,2-5H3,(H,21,23)/t16-/m1/s1. The molecule has 0 spiro atoms. The van der Waals surface area contributed by atoms with Gasteiger partial charge in [-0.3, -0.25) is 9.69 Å². The molecule has 1 aromatic carbocycles. The lowest BCUT2D eigenvalue weighted by molar-refractivity contribution is -0.125. The molecule has 1 rings (SSSR count). The highest BCUT2D eigenvalue weighted by atomic mass is 16.6. The maximum absolute atomic E-state index is 12.3. The van der Waals surface area contributed by atoms with Gasteiger partial charge < -0.3 is 10.1 Å². The minimum atomic E-state index is -0.621. The minimum absolute atomic E-state index is 0.194. The summed E-state index contributed by atoms with van der Waals surface area (Å²) in [6.45, 7) is 11.6. The number of carbonyl (C=O) groups is 2. The highest BCUT2D eigenvalue weighted by molar-refractivity contribution is 5.85. The predicted molar refractivity (Wildman–Crippen MR) is 100 cm³/mol. The fourth-order valence-electron chi connectivity index (χ4n) is 2.29. The third-order valence-electron chi connectivity index (χ3n) is 3.59. The largest absolute Gasteiger partial charge is 0.444 e. The molecule has 0 radical (unpaired) electrons. The van der Waals surface area contributed by atoms with Gasteiger partial charge >= 0.3 is 6.09 Å². The highest BCUT2D eigenvalue weighted by Gasteiger charge is 2.28. The molecule has 0 aliphatic carbocycles. The fraction of sp³-hybridized carbons (Fsp3) is 0.500. The van der Waals surface area contributed by atoms with E-state index in [1.54, 1.807) is 33.8 Å². The van der Waals surface area contributed by atoms with Gasteiger partial charge in [0.25, 0.3) is 0 Å². The first-order chi connectivity index (χ1) is 11.7. The molecule has 2 amide bonds. The topological polar surface area (TPSA) is 58.6 Å². The van der Waals surface area contributed by atoms with E-state index in [1.807, 2.05) is 18.2 Å². The summed E-state index contributed by atoms with van der Waals surface area (Å²) in [4.78, 5) is 26.0. The minimum Gasteiger partial charge on any atom is -0.444 e. The van der Waals surface area contributed by atoms with Crippen LogP contribution in [0.3, 0.4) is 0 Å². The summed E-state index contributed by atoms with van der Waals surface area (Å²) in [6.07, 6.45) is 2.82. The first-order valence-electron chi connectivity index (χ1n) is 8.66. The average molecular weight is 346 g/mol. The number of amides is 2. The number of rotatable bonds is 8. The van der Waals surface area contributed by atoms with Crippen LogP contribution in [0.5, 0.6) is 0 Å². The van der Waals surface area contributed by atoms with Crippen molar-refractivity contribution in [3.8, 4) is 0 Å². The smallest absolute Gasteiger partial charge is 0.411 e. The Bertz CT molecular complexity index is 564. The van der Waals surface area contributed by atoms with Crippen LogP contribution in [-0.4, -0.2) is 41.6 Å². The lowest BCUT2D eigenvalue weighted by Crippen LogP contribution is -2.49. The number of nitrogens with zero attached hydrogens (tertiary/aromatic N) is 1. The van der Waals surface area contributed by atoms with Crippen LogP contribution in [0, 0.1) is 0 Å². The van der Waals surface area contributed by atoms with Crippen LogP contribution in [0.2, 0.25) is 0 Å². The van der Waals surface area contributed by atoms with Gasteiger partial charge in [-0.2, -0.15) is 0 Å². The molecule has 0 aliphatic rings. The van der Waals surface area contributed by atoms with E-state index in [-0.39, 0.29) is 12.5 Å². The van der Waals surface area contributed by atoms with E-state index in [4.69, 9.17) is 4.74 Å². The van der Waals surface area contributed by atoms with Crippen molar-refractivity contribution in [1.82, 2.24) is 10.2 Å². The van der Waals surface area contributed by atoms with E-state index in [1.165, 1.54) is 10.5 Å². The van der Waals surface area contributed by atoms with Crippen LogP contribution in [0.1, 0.15) is 39.7 Å². The number of benzene rings is 1. The van der Waals surface area contributed by atoms with Gasteiger partial charge in [-0.25, -0.2) is 4.79 Å². The summed E-state index contributed by atoms with van der Waals surface area (Å²) in [5.41, 5.74) is 0.634. The van der Waals surface area contributed by atoms with Crippen molar-refractivity contribution in [3.63, 3.8) is 0 Å². The Hall–Kier alpha value is -2.30. The van der Waals surface area contributed by atoms with E-state index in [0.29, 0.717) is 6.54 Å². The summed E-state index contributed by atoms with van der Waals surface area (Å²) >= 11 is 0. The Morgan fingerprint density at radius 1 is 1.28 bits per heavy atom. The number of ether oxygens (including phenoxy) is 1. The Morgan fingerprint density at radius 2 is 1.92 bits per heavy atom. The number of nitrogens with one attached hydrogen (secondary N) is 1. The molecule has 25 heavy (non-hydrogen) atoms. The van der Waals surface area contributed by atoms with Gasteiger partial charge in [0, 0.05) is 13.1 Å². The molecule has 0 bridgehead atoms. The third kappa shape index (κ3) is 7.88. The molecule has 5 nitrogen and oxygen atoms in total. The van der Waals surface area contributed by atoms with Crippen LogP contribution in [0.15, 0.2) is 43.0 Å². The average Bonchev–Trinajstić information content (AvgIpc) is 2.55. The zero-order chi connectivity index (χ0) is 18.9. The first kappa shape index (κ1) is 20.7. The molecule has 1 aromatic rings. The lowest BCUT2D eigenvalue weighted by Gasteiger charge is -2.30. The molecule has 1 N–H and O–H groups in total. The van der Waals surface area contributed by atoms with Gasteiger partial charge in [0.1, 0.15) is 11.6 Å². The van der Waals surface area contributed by atoms with Crippen molar-refractivity contribution in [2.24, 2.45) is 0 Å². The van der Waals surface area contributed by atoms with E-state index >= 15 is 0 Å². The van der Waals surface area contributed by atoms with Gasteiger partial charge in [0.15, 0.2) is 0 Å². The second kappa shape index (κ2) is 9.87. The summed E-state index contributed by atoms with van der Waals surface area (Å²) < 4.78 is 5.37. The van der Waals surface area contributed by atoms with Gasteiger partial charge in [-0.05, 0) is 46.1 Å². The molecular formula is C20H30N2O3. The molecule has 0 heterocycles. The highest BCUT2D eigenvalue weighted by Crippen LogP contribution is 2.12. The normalized spacial score (nSPS) is 12.2. The summed E-state index contributed by atoms with van der Waals surface area (Å²) in [6, 6.07) is 9.51. The number of hydrogen-bond acceptors (Lipinski definition) is 3. The fourth-order valence-corrected chi connectivity index (χ4v) is 2.29. The zero-order valence-corrected chi connectivity index (χ0v) is 15.7. The maximum atomic E-state index is 12.3. The molecule has 1 atom stereocenters. The Labute approximate surface area is 151 Å². The predicted octanol–water partition coefficient (Wildman–Crippen LogP) is 3.55. The molecule has 5 heteroatoms. The van der Waals surface area contributed by atoms with Crippen molar-refractivity contribution in [3.05, 3.63) is 48.6 Å². The van der Waals surface area contributed by atoms with Crippen molar-refractivity contribution < 1.29 is 14.3 Å². The van der Waals surface area contributed by atoms with Crippen molar-refractivity contribution in [1.29, 1.82) is 0 Å². The first-order valence-corrected chi connectivity index (χ1v) is 8.66. The summed E-state index contributed by atoms with van der Waals surface area (Å²) in [5, 5.41) is 2.89. The van der Waals surface area contributed by atoms with Crippen LogP contribution < -0.4 is 5.32 Å². The molecule has 0 saturated heterocycles. The van der Waals surface area contributed by atoms with Crippen molar-refractivity contribution >= 4 is 12.0 Å². The Kier molecular flexibility index (Phi) is 8.19. The van der Waals surface area contributed by atoms with E-state index in [0.717, 1.165) is 12.8 Å². The molecule has 138 valence electrons.